The minimum atomic E-state index is -0.284. The molecule has 0 radical (unpaired) electrons. The van der Waals surface area contributed by atoms with Gasteiger partial charge >= 0.3 is 0 Å². The molecule has 1 aromatic carbocycles. The number of likely N-dealkylation sites (N-methyl/N-ethyl adjacent to an activating group) is 2. The van der Waals surface area contributed by atoms with E-state index >= 15 is 0 Å². The van der Waals surface area contributed by atoms with Gasteiger partial charge in [0.1, 0.15) is 11.5 Å². The summed E-state index contributed by atoms with van der Waals surface area (Å²) in [4.78, 5) is 24.5. The van der Waals surface area contributed by atoms with E-state index in [4.69, 9.17) is 10.1 Å². The van der Waals surface area contributed by atoms with Crippen LogP contribution in [0.2, 0.25) is 0 Å². The normalized spacial score (nSPS) is 15.3. The van der Waals surface area contributed by atoms with E-state index in [1.807, 2.05) is 16.8 Å². The Morgan fingerprint density at radius 2 is 1.85 bits per heavy atom. The van der Waals surface area contributed by atoms with Gasteiger partial charge in [-0.1, -0.05) is 18.3 Å². The Bertz CT molecular complexity index is 1110. The first-order valence-corrected chi connectivity index (χ1v) is 12.1. The number of rotatable bonds is 6. The van der Waals surface area contributed by atoms with Crippen molar-refractivity contribution < 1.29 is 9.18 Å². The Kier molecular flexibility index (Phi) is 6.58. The van der Waals surface area contributed by atoms with E-state index in [0.717, 1.165) is 54.9 Å². The Hall–Kier alpha value is -2.72. The van der Waals surface area contributed by atoms with Crippen LogP contribution in [0.3, 0.4) is 0 Å². The van der Waals surface area contributed by atoms with Gasteiger partial charge < -0.3 is 20.0 Å². The lowest BCUT2D eigenvalue weighted by molar-refractivity contribution is -0.131. The summed E-state index contributed by atoms with van der Waals surface area (Å²) in [5.74, 6) is 0.580. The van der Waals surface area contributed by atoms with Crippen LogP contribution in [0, 0.1) is 5.82 Å². The Morgan fingerprint density at radius 3 is 2.45 bits per heavy atom. The molecule has 3 aromatic rings. The number of hydrogen-bond acceptors (Lipinski definition) is 7. The molecule has 178 valence electrons. The van der Waals surface area contributed by atoms with Gasteiger partial charge in [0, 0.05) is 44.3 Å². The number of halogens is 1. The molecule has 1 aliphatic heterocycles. The highest BCUT2D eigenvalue weighted by molar-refractivity contribution is 7.20. The van der Waals surface area contributed by atoms with Crippen molar-refractivity contribution in [2.75, 3.05) is 56.5 Å². The topological polar surface area (TPSA) is 69.0 Å². The van der Waals surface area contributed by atoms with Gasteiger partial charge in [0.15, 0.2) is 5.82 Å². The Labute approximate surface area is 198 Å². The van der Waals surface area contributed by atoms with Crippen LogP contribution in [-0.4, -0.2) is 82.2 Å². The highest BCUT2D eigenvalue weighted by atomic mass is 32.1. The maximum atomic E-state index is 13.4. The van der Waals surface area contributed by atoms with E-state index in [0.29, 0.717) is 4.96 Å². The number of nitrogens with zero attached hydrogens (tertiary/aromatic N) is 6. The summed E-state index contributed by atoms with van der Waals surface area (Å²) < 4.78 is 15.2. The van der Waals surface area contributed by atoms with Gasteiger partial charge in [-0.05, 0) is 51.6 Å². The predicted octanol–water partition coefficient (Wildman–Crippen LogP) is 3.41. The third-order valence-electron chi connectivity index (χ3n) is 5.68. The number of carbonyl (C=O) groups excluding carboxylic acids is 1. The first-order chi connectivity index (χ1) is 15.6. The molecule has 33 heavy (non-hydrogen) atoms. The van der Waals surface area contributed by atoms with Crippen molar-refractivity contribution in [1.82, 2.24) is 24.4 Å². The van der Waals surface area contributed by atoms with Gasteiger partial charge in [0.05, 0.1) is 6.54 Å². The largest absolute Gasteiger partial charge is 0.364 e. The van der Waals surface area contributed by atoms with Crippen molar-refractivity contribution in [1.29, 1.82) is 0 Å². The number of fused-ring (bicyclic) bond motifs is 1. The minimum absolute atomic E-state index is 0.112. The molecule has 1 aliphatic rings. The molecule has 0 aliphatic carbocycles. The summed E-state index contributed by atoms with van der Waals surface area (Å²) >= 11 is 1.43. The second-order valence-corrected chi connectivity index (χ2v) is 10.4. The summed E-state index contributed by atoms with van der Waals surface area (Å²) in [6.45, 7) is 13.0. The smallest absolute Gasteiger partial charge is 0.242 e. The van der Waals surface area contributed by atoms with E-state index in [1.165, 1.54) is 23.5 Å². The average Bonchev–Trinajstić information content (AvgIpc) is 3.33. The lowest BCUT2D eigenvalue weighted by atomic mass is 10.1. The zero-order valence-electron chi connectivity index (χ0n) is 19.9. The standard InChI is InChI=1S/C23H32FN7OS/c1-6-29-11-13-30(14-12-29)18(32)15-28(5)22-27-31-20(26-23(2,3)4)19(25-21(31)33-22)16-7-9-17(24)10-8-16/h7-10,26H,6,11-15H2,1-5H3. The van der Waals surface area contributed by atoms with Gasteiger partial charge in [0.2, 0.25) is 16.0 Å². The molecular formula is C23H32FN7OS. The molecule has 0 bridgehead atoms. The highest BCUT2D eigenvalue weighted by Gasteiger charge is 2.25. The maximum absolute atomic E-state index is 13.4. The van der Waals surface area contributed by atoms with E-state index in [2.05, 4.69) is 37.9 Å². The van der Waals surface area contributed by atoms with Gasteiger partial charge in [0.25, 0.3) is 0 Å². The molecule has 1 amide bonds. The van der Waals surface area contributed by atoms with Gasteiger partial charge in [-0.15, -0.1) is 5.10 Å². The third-order valence-corrected chi connectivity index (χ3v) is 6.70. The summed E-state index contributed by atoms with van der Waals surface area (Å²) in [6, 6.07) is 6.31. The molecule has 0 unspecified atom stereocenters. The third kappa shape index (κ3) is 5.27. The Morgan fingerprint density at radius 1 is 1.18 bits per heavy atom. The number of amides is 1. The van der Waals surface area contributed by atoms with Crippen LogP contribution in [0.25, 0.3) is 16.2 Å². The maximum Gasteiger partial charge on any atom is 0.242 e. The fourth-order valence-corrected chi connectivity index (χ4v) is 4.71. The highest BCUT2D eigenvalue weighted by Crippen LogP contribution is 2.34. The molecule has 3 heterocycles. The minimum Gasteiger partial charge on any atom is -0.364 e. The van der Waals surface area contributed by atoms with Crippen LogP contribution >= 0.6 is 11.3 Å². The van der Waals surface area contributed by atoms with Gasteiger partial charge in [-0.2, -0.15) is 4.52 Å². The fraction of sp³-hybridized carbons (Fsp3) is 0.522. The molecular weight excluding hydrogens is 441 g/mol. The lowest BCUT2D eigenvalue weighted by Gasteiger charge is -2.34. The van der Waals surface area contributed by atoms with Gasteiger partial charge in [-0.3, -0.25) is 4.79 Å². The number of piperazine rings is 1. The van der Waals surface area contributed by atoms with Crippen LogP contribution < -0.4 is 10.2 Å². The first-order valence-electron chi connectivity index (χ1n) is 11.3. The van der Waals surface area contributed by atoms with Crippen molar-refractivity contribution >= 4 is 33.2 Å². The molecule has 0 saturated carbocycles. The van der Waals surface area contributed by atoms with Crippen molar-refractivity contribution in [3.8, 4) is 11.3 Å². The summed E-state index contributed by atoms with van der Waals surface area (Å²) in [7, 11) is 1.89. The number of aromatic nitrogens is 3. The average molecular weight is 474 g/mol. The van der Waals surface area contributed by atoms with E-state index in [-0.39, 0.29) is 23.8 Å². The van der Waals surface area contributed by atoms with Crippen molar-refractivity contribution in [3.63, 3.8) is 0 Å². The molecule has 4 rings (SSSR count). The molecule has 0 atom stereocenters. The zero-order chi connectivity index (χ0) is 23.8. The van der Waals surface area contributed by atoms with Gasteiger partial charge in [-0.25, -0.2) is 9.37 Å². The van der Waals surface area contributed by atoms with Crippen LogP contribution in [0.5, 0.6) is 0 Å². The fourth-order valence-electron chi connectivity index (χ4n) is 3.85. The monoisotopic (exact) mass is 473 g/mol. The summed E-state index contributed by atoms with van der Waals surface area (Å²) in [6.07, 6.45) is 0. The van der Waals surface area contributed by atoms with Crippen molar-refractivity contribution in [2.24, 2.45) is 0 Å². The second-order valence-electron chi connectivity index (χ2n) is 9.44. The molecule has 10 heteroatoms. The van der Waals surface area contributed by atoms with Crippen LogP contribution in [0.4, 0.5) is 15.3 Å². The van der Waals surface area contributed by atoms with Crippen LogP contribution in [0.1, 0.15) is 27.7 Å². The number of carbonyl (C=O) groups is 1. The number of anilines is 2. The van der Waals surface area contributed by atoms with Crippen LogP contribution in [0.15, 0.2) is 24.3 Å². The van der Waals surface area contributed by atoms with E-state index in [1.54, 1.807) is 16.6 Å². The molecule has 0 spiro atoms. The molecule has 1 fully saturated rings. The molecule has 2 aromatic heterocycles. The van der Waals surface area contributed by atoms with E-state index < -0.39 is 0 Å². The lowest BCUT2D eigenvalue weighted by Crippen LogP contribution is -2.50. The second kappa shape index (κ2) is 9.26. The summed E-state index contributed by atoms with van der Waals surface area (Å²) in [5, 5.41) is 8.98. The predicted molar refractivity (Wildman–Crippen MR) is 132 cm³/mol. The SMILES string of the molecule is CCN1CCN(C(=O)CN(C)c2nn3c(NC(C)(C)C)c(-c4ccc(F)cc4)nc3s2)CC1. The number of benzene rings is 1. The molecule has 1 N–H and O–H groups in total. The Balaban J connectivity index is 1.57. The quantitative estimate of drug-likeness (QED) is 0.592. The van der Waals surface area contributed by atoms with Crippen molar-refractivity contribution in [2.45, 2.75) is 33.2 Å². The number of nitrogens with one attached hydrogen (secondary N) is 1. The first kappa shape index (κ1) is 23.4. The number of imidazole rings is 1. The van der Waals surface area contributed by atoms with E-state index in [9.17, 15) is 9.18 Å². The molecule has 1 saturated heterocycles. The number of hydrogen-bond donors (Lipinski definition) is 1. The van der Waals surface area contributed by atoms with Crippen LogP contribution in [-0.2, 0) is 4.79 Å². The summed E-state index contributed by atoms with van der Waals surface area (Å²) in [5.41, 5.74) is 1.32. The molecule has 8 nitrogen and oxygen atoms in total. The zero-order valence-corrected chi connectivity index (χ0v) is 20.7. The van der Waals surface area contributed by atoms with Crippen molar-refractivity contribution in [3.05, 3.63) is 30.1 Å².